The molecule has 0 saturated carbocycles. The van der Waals surface area contributed by atoms with Crippen LogP contribution in [-0.2, 0) is 32.0 Å². The monoisotopic (exact) mass is 557 g/mol. The summed E-state index contributed by atoms with van der Waals surface area (Å²) < 4.78 is 80.0. The summed E-state index contributed by atoms with van der Waals surface area (Å²) in [6, 6.07) is 13.3. The van der Waals surface area contributed by atoms with Crippen LogP contribution in [0.4, 0.5) is 38.1 Å². The summed E-state index contributed by atoms with van der Waals surface area (Å²) in [6.07, 6.45) is -4.12. The highest BCUT2D eigenvalue weighted by atomic mass is 19.4. The summed E-state index contributed by atoms with van der Waals surface area (Å²) in [6.45, 7) is 0.560. The molecule has 0 atom stereocenters. The molecule has 0 amide bonds. The Bertz CT molecular complexity index is 1600. The summed E-state index contributed by atoms with van der Waals surface area (Å²) >= 11 is 0. The lowest BCUT2D eigenvalue weighted by molar-refractivity contribution is -0.138. The van der Waals surface area contributed by atoms with Gasteiger partial charge in [0, 0.05) is 25.5 Å². The Morgan fingerprint density at radius 3 is 2.15 bits per heavy atom. The van der Waals surface area contributed by atoms with Crippen LogP contribution >= 0.6 is 0 Å². The topological polar surface area (TPSA) is 80.5 Å². The van der Waals surface area contributed by atoms with Crippen LogP contribution in [0.15, 0.2) is 79.4 Å². The quantitative estimate of drug-likeness (QED) is 0.211. The summed E-state index contributed by atoms with van der Waals surface area (Å²) in [7, 11) is 0. The van der Waals surface area contributed by atoms with E-state index in [0.717, 1.165) is 29.8 Å². The van der Waals surface area contributed by atoms with E-state index in [0.29, 0.717) is 28.8 Å². The number of rotatable bonds is 8. The van der Waals surface area contributed by atoms with Gasteiger partial charge in [0.15, 0.2) is 17.0 Å². The SMILES string of the molecule is FC(F)(F)c1ccc(Cn2cnc3c(NCc4cccc(C(F)(F)F)c4)nc(NCc4cccnc4)nc32)cc1. The lowest BCUT2D eigenvalue weighted by atomic mass is 10.1. The Morgan fingerprint density at radius 1 is 0.725 bits per heavy atom. The smallest absolute Gasteiger partial charge is 0.364 e. The number of anilines is 2. The number of halogens is 6. The Balaban J connectivity index is 1.44. The van der Waals surface area contributed by atoms with Crippen molar-refractivity contribution < 1.29 is 26.3 Å². The second kappa shape index (κ2) is 10.8. The van der Waals surface area contributed by atoms with Crippen molar-refractivity contribution in [1.82, 2.24) is 24.5 Å². The Labute approximate surface area is 223 Å². The van der Waals surface area contributed by atoms with E-state index in [1.54, 1.807) is 29.1 Å². The minimum Gasteiger partial charge on any atom is -0.364 e. The van der Waals surface area contributed by atoms with Gasteiger partial charge in [-0.2, -0.15) is 36.3 Å². The van der Waals surface area contributed by atoms with Crippen molar-refractivity contribution in [2.24, 2.45) is 0 Å². The van der Waals surface area contributed by atoms with Gasteiger partial charge in [0.25, 0.3) is 0 Å². The number of nitrogens with zero attached hydrogens (tertiary/aromatic N) is 5. The summed E-state index contributed by atoms with van der Waals surface area (Å²) in [4.78, 5) is 17.5. The first-order valence-electron chi connectivity index (χ1n) is 12.0. The fourth-order valence-electron chi connectivity index (χ4n) is 3.99. The maximum atomic E-state index is 13.2. The minimum absolute atomic E-state index is 0.0316. The number of hydrogen-bond acceptors (Lipinski definition) is 6. The van der Waals surface area contributed by atoms with Gasteiger partial charge in [-0.15, -0.1) is 0 Å². The average molecular weight is 558 g/mol. The highest BCUT2D eigenvalue weighted by molar-refractivity contribution is 5.84. The van der Waals surface area contributed by atoms with E-state index in [9.17, 15) is 26.3 Å². The van der Waals surface area contributed by atoms with Crippen molar-refractivity contribution in [1.29, 1.82) is 0 Å². The highest BCUT2D eigenvalue weighted by Crippen LogP contribution is 2.31. The summed E-state index contributed by atoms with van der Waals surface area (Å²) in [5.41, 5.74) is 1.06. The number of pyridine rings is 1. The number of benzene rings is 2. The van der Waals surface area contributed by atoms with E-state index < -0.39 is 23.5 Å². The molecule has 0 aliphatic heterocycles. The van der Waals surface area contributed by atoms with Crippen LogP contribution in [0.3, 0.4) is 0 Å². The molecule has 0 aliphatic carbocycles. The predicted molar refractivity (Wildman–Crippen MR) is 136 cm³/mol. The van der Waals surface area contributed by atoms with E-state index in [1.807, 2.05) is 6.07 Å². The third kappa shape index (κ3) is 6.30. The Morgan fingerprint density at radius 2 is 1.45 bits per heavy atom. The molecule has 0 radical (unpaired) electrons. The van der Waals surface area contributed by atoms with Crippen molar-refractivity contribution in [3.8, 4) is 0 Å². The second-order valence-electron chi connectivity index (χ2n) is 8.90. The Hall–Kier alpha value is -4.68. The zero-order valence-electron chi connectivity index (χ0n) is 20.6. The fourth-order valence-corrected chi connectivity index (χ4v) is 3.99. The van der Waals surface area contributed by atoms with Gasteiger partial charge < -0.3 is 15.2 Å². The standard InChI is InChI=1S/C27H21F6N7/c28-26(29,30)20-8-6-17(7-9-20)15-40-16-37-22-23(35-13-18-3-1-5-21(11-18)27(31,32)33)38-25(39-24(22)40)36-14-19-4-2-10-34-12-19/h1-12,16H,13-15H2,(H2,35,36,38,39). The predicted octanol–water partition coefficient (Wildman–Crippen LogP) is 6.53. The number of nitrogens with one attached hydrogen (secondary N) is 2. The van der Waals surface area contributed by atoms with E-state index in [4.69, 9.17) is 0 Å². The van der Waals surface area contributed by atoms with Gasteiger partial charge in [0.1, 0.15) is 0 Å². The number of imidazole rings is 1. The van der Waals surface area contributed by atoms with Gasteiger partial charge in [-0.1, -0.05) is 30.3 Å². The first-order valence-corrected chi connectivity index (χ1v) is 12.0. The van der Waals surface area contributed by atoms with Gasteiger partial charge in [-0.3, -0.25) is 4.98 Å². The van der Waals surface area contributed by atoms with E-state index in [-0.39, 0.29) is 24.9 Å². The average Bonchev–Trinajstić information content (AvgIpc) is 3.33. The molecule has 3 aromatic heterocycles. The molecule has 0 aliphatic rings. The van der Waals surface area contributed by atoms with Crippen LogP contribution in [0.5, 0.6) is 0 Å². The normalized spacial score (nSPS) is 12.1. The number of alkyl halides is 6. The molecule has 2 aromatic carbocycles. The molecule has 0 bridgehead atoms. The largest absolute Gasteiger partial charge is 0.416 e. The molecule has 13 heteroatoms. The maximum absolute atomic E-state index is 13.2. The summed E-state index contributed by atoms with van der Waals surface area (Å²) in [5, 5.41) is 6.16. The molecular formula is C27H21F6N7. The second-order valence-corrected chi connectivity index (χ2v) is 8.90. The maximum Gasteiger partial charge on any atom is 0.416 e. The van der Waals surface area contributed by atoms with Crippen molar-refractivity contribution in [2.75, 3.05) is 10.6 Å². The fraction of sp³-hybridized carbons (Fsp3) is 0.185. The van der Waals surface area contributed by atoms with Gasteiger partial charge in [0.05, 0.1) is 24.0 Å². The minimum atomic E-state index is -4.47. The van der Waals surface area contributed by atoms with Crippen LogP contribution in [-0.4, -0.2) is 24.5 Å². The van der Waals surface area contributed by atoms with E-state index >= 15 is 0 Å². The molecule has 0 spiro atoms. The van der Waals surface area contributed by atoms with E-state index in [1.165, 1.54) is 24.5 Å². The van der Waals surface area contributed by atoms with Gasteiger partial charge in [0.2, 0.25) is 5.95 Å². The van der Waals surface area contributed by atoms with Gasteiger partial charge in [-0.25, -0.2) is 4.98 Å². The number of hydrogen-bond donors (Lipinski definition) is 2. The third-order valence-corrected chi connectivity index (χ3v) is 5.99. The van der Waals surface area contributed by atoms with Crippen molar-refractivity contribution in [3.63, 3.8) is 0 Å². The zero-order chi connectivity index (χ0) is 28.3. The molecular weight excluding hydrogens is 536 g/mol. The van der Waals surface area contributed by atoms with E-state index in [2.05, 4.69) is 30.6 Å². The van der Waals surface area contributed by atoms with Gasteiger partial charge >= 0.3 is 12.4 Å². The molecule has 206 valence electrons. The molecule has 0 unspecified atom stereocenters. The molecule has 5 aromatic rings. The van der Waals surface area contributed by atoms with Gasteiger partial charge in [-0.05, 0) is 47.0 Å². The lowest BCUT2D eigenvalue weighted by Crippen LogP contribution is -2.10. The summed E-state index contributed by atoms with van der Waals surface area (Å²) in [5.74, 6) is 0.499. The van der Waals surface area contributed by atoms with Crippen LogP contribution in [0.1, 0.15) is 27.8 Å². The first-order chi connectivity index (χ1) is 19.1. The zero-order valence-corrected chi connectivity index (χ0v) is 20.6. The van der Waals surface area contributed by atoms with Crippen LogP contribution < -0.4 is 10.6 Å². The first kappa shape index (κ1) is 26.9. The molecule has 3 heterocycles. The Kier molecular flexibility index (Phi) is 7.28. The molecule has 7 nitrogen and oxygen atoms in total. The molecule has 0 saturated heterocycles. The number of fused-ring (bicyclic) bond motifs is 1. The van der Waals surface area contributed by atoms with Crippen molar-refractivity contribution in [2.45, 2.75) is 32.0 Å². The molecule has 2 N–H and O–H groups in total. The van der Waals surface area contributed by atoms with Crippen LogP contribution in [0.2, 0.25) is 0 Å². The number of aromatic nitrogens is 5. The van der Waals surface area contributed by atoms with Crippen molar-refractivity contribution in [3.05, 3.63) is 107 Å². The third-order valence-electron chi connectivity index (χ3n) is 5.99. The molecule has 5 rings (SSSR count). The lowest BCUT2D eigenvalue weighted by Gasteiger charge is -2.12. The molecule has 0 fully saturated rings. The molecule has 40 heavy (non-hydrogen) atoms. The van der Waals surface area contributed by atoms with Crippen molar-refractivity contribution >= 4 is 22.9 Å². The van der Waals surface area contributed by atoms with Crippen LogP contribution in [0, 0.1) is 0 Å². The van der Waals surface area contributed by atoms with Crippen LogP contribution in [0.25, 0.3) is 11.2 Å². The highest BCUT2D eigenvalue weighted by Gasteiger charge is 2.31.